The van der Waals surface area contributed by atoms with Crippen molar-refractivity contribution in [2.24, 2.45) is 0 Å². The fourth-order valence-electron chi connectivity index (χ4n) is 2.31. The lowest BCUT2D eigenvalue weighted by molar-refractivity contribution is -0.121. The van der Waals surface area contributed by atoms with Crippen molar-refractivity contribution in [3.63, 3.8) is 0 Å². The molecule has 7 heteroatoms. The number of carbonyl (C=O) groups excluding carboxylic acids is 2. The number of anilines is 1. The van der Waals surface area contributed by atoms with Crippen LogP contribution in [0.25, 0.3) is 0 Å². The Balaban J connectivity index is 1.83. The van der Waals surface area contributed by atoms with Gasteiger partial charge >= 0.3 is 0 Å². The molecule has 118 valence electrons. The number of hydrogen-bond acceptors (Lipinski definition) is 3. The number of benzene rings is 2. The topological polar surface area (TPSA) is 37.4 Å². The lowest BCUT2D eigenvalue weighted by atomic mass is 10.3. The highest BCUT2D eigenvalue weighted by Gasteiger charge is 2.40. The summed E-state index contributed by atoms with van der Waals surface area (Å²) in [5.74, 6) is -0.534. The second kappa shape index (κ2) is 6.73. The van der Waals surface area contributed by atoms with E-state index in [1.165, 1.54) is 11.8 Å². The fraction of sp³-hybridized carbons (Fsp3) is 0.125. The Morgan fingerprint density at radius 1 is 0.913 bits per heavy atom. The van der Waals surface area contributed by atoms with E-state index in [0.29, 0.717) is 20.8 Å². The lowest BCUT2D eigenvalue weighted by Crippen LogP contribution is -2.31. The molecule has 1 fully saturated rings. The molecule has 1 heterocycles. The summed E-state index contributed by atoms with van der Waals surface area (Å²) < 4.78 is 0. The lowest BCUT2D eigenvalue weighted by Gasteiger charge is -2.15. The molecule has 0 N–H and O–H groups in total. The first-order chi connectivity index (χ1) is 10.9. The highest BCUT2D eigenvalue weighted by molar-refractivity contribution is 8.00. The van der Waals surface area contributed by atoms with Gasteiger partial charge in [0.15, 0.2) is 0 Å². The predicted octanol–water partition coefficient (Wildman–Crippen LogP) is 5.07. The van der Waals surface area contributed by atoms with E-state index < -0.39 is 5.25 Å². The van der Waals surface area contributed by atoms with Crippen LogP contribution in [0.1, 0.15) is 6.42 Å². The van der Waals surface area contributed by atoms with Crippen molar-refractivity contribution >= 4 is 64.1 Å². The van der Waals surface area contributed by atoms with Crippen LogP contribution in [-0.4, -0.2) is 17.1 Å². The summed E-state index contributed by atoms with van der Waals surface area (Å²) in [6.07, 6.45) is 0.135. The number of amides is 2. The third-order valence-corrected chi connectivity index (χ3v) is 5.19. The van der Waals surface area contributed by atoms with E-state index in [1.807, 2.05) is 12.1 Å². The molecular formula is C16H10Cl3NO2S. The van der Waals surface area contributed by atoms with Gasteiger partial charge < -0.3 is 0 Å². The average molecular weight is 387 g/mol. The predicted molar refractivity (Wildman–Crippen MR) is 94.7 cm³/mol. The van der Waals surface area contributed by atoms with E-state index in [-0.39, 0.29) is 18.2 Å². The number of rotatable bonds is 3. The maximum Gasteiger partial charge on any atom is 0.247 e. The molecule has 3 rings (SSSR count). The minimum Gasteiger partial charge on any atom is -0.274 e. The van der Waals surface area contributed by atoms with Crippen LogP contribution in [0.2, 0.25) is 15.1 Å². The summed E-state index contributed by atoms with van der Waals surface area (Å²) in [6, 6.07) is 11.8. The average Bonchev–Trinajstić information content (AvgIpc) is 2.75. The summed E-state index contributed by atoms with van der Waals surface area (Å²) in [5.41, 5.74) is 0.400. The van der Waals surface area contributed by atoms with E-state index >= 15 is 0 Å². The van der Waals surface area contributed by atoms with Crippen LogP contribution in [0.5, 0.6) is 0 Å². The molecule has 1 aliphatic rings. The first-order valence-corrected chi connectivity index (χ1v) is 8.70. The summed E-state index contributed by atoms with van der Waals surface area (Å²) in [4.78, 5) is 26.9. The summed E-state index contributed by atoms with van der Waals surface area (Å²) in [5, 5.41) is 0.906. The van der Waals surface area contributed by atoms with Crippen LogP contribution in [0.15, 0.2) is 47.4 Å². The van der Waals surface area contributed by atoms with Crippen LogP contribution >= 0.6 is 46.6 Å². The molecule has 0 radical (unpaired) electrons. The first kappa shape index (κ1) is 16.7. The second-order valence-corrected chi connectivity index (χ2v) is 7.55. The Kier molecular flexibility index (Phi) is 4.87. The normalized spacial score (nSPS) is 17.9. The monoisotopic (exact) mass is 385 g/mol. The molecule has 3 nitrogen and oxygen atoms in total. The van der Waals surface area contributed by atoms with Gasteiger partial charge in [0.1, 0.15) is 0 Å². The van der Waals surface area contributed by atoms with Crippen LogP contribution in [0, 0.1) is 0 Å². The van der Waals surface area contributed by atoms with Crippen molar-refractivity contribution in [3.05, 3.63) is 57.5 Å². The van der Waals surface area contributed by atoms with Gasteiger partial charge in [-0.2, -0.15) is 0 Å². The van der Waals surface area contributed by atoms with Gasteiger partial charge in [0, 0.05) is 26.4 Å². The number of thioether (sulfide) groups is 1. The molecule has 0 saturated carbocycles. The zero-order valence-electron chi connectivity index (χ0n) is 11.6. The zero-order chi connectivity index (χ0) is 16.6. The van der Waals surface area contributed by atoms with Crippen molar-refractivity contribution in [1.29, 1.82) is 0 Å². The van der Waals surface area contributed by atoms with Crippen LogP contribution < -0.4 is 4.90 Å². The van der Waals surface area contributed by atoms with E-state index in [0.717, 1.165) is 9.80 Å². The molecule has 0 aromatic heterocycles. The Morgan fingerprint density at radius 3 is 2.13 bits per heavy atom. The van der Waals surface area contributed by atoms with Gasteiger partial charge in [-0.3, -0.25) is 9.59 Å². The molecule has 2 aromatic rings. The molecule has 1 atom stereocenters. The maximum absolute atomic E-state index is 12.6. The SMILES string of the molecule is O=C1CC(Sc2ccc(Cl)cc2)C(=O)N1c1cc(Cl)cc(Cl)c1. The highest BCUT2D eigenvalue weighted by Crippen LogP contribution is 2.36. The van der Waals surface area contributed by atoms with Crippen molar-refractivity contribution in [3.8, 4) is 0 Å². The molecule has 1 unspecified atom stereocenters. The molecular weight excluding hydrogens is 377 g/mol. The molecule has 0 aliphatic carbocycles. The van der Waals surface area contributed by atoms with Crippen LogP contribution in [-0.2, 0) is 9.59 Å². The van der Waals surface area contributed by atoms with E-state index in [9.17, 15) is 9.59 Å². The maximum atomic E-state index is 12.6. The minimum absolute atomic E-state index is 0.135. The van der Waals surface area contributed by atoms with Crippen molar-refractivity contribution in [2.45, 2.75) is 16.6 Å². The zero-order valence-corrected chi connectivity index (χ0v) is 14.7. The molecule has 1 aliphatic heterocycles. The van der Waals surface area contributed by atoms with Gasteiger partial charge in [-0.15, -0.1) is 11.8 Å². The number of imide groups is 1. The van der Waals surface area contributed by atoms with E-state index in [1.54, 1.807) is 30.3 Å². The van der Waals surface area contributed by atoms with Crippen molar-refractivity contribution < 1.29 is 9.59 Å². The van der Waals surface area contributed by atoms with Gasteiger partial charge in [-0.05, 0) is 42.5 Å². The van der Waals surface area contributed by atoms with Gasteiger partial charge in [0.25, 0.3) is 0 Å². The van der Waals surface area contributed by atoms with E-state index in [4.69, 9.17) is 34.8 Å². The largest absolute Gasteiger partial charge is 0.274 e. The molecule has 23 heavy (non-hydrogen) atoms. The summed E-state index contributed by atoms with van der Waals surface area (Å²) >= 11 is 19.1. The van der Waals surface area contributed by atoms with E-state index in [2.05, 4.69) is 0 Å². The van der Waals surface area contributed by atoms with Crippen molar-refractivity contribution in [2.75, 3.05) is 4.90 Å². The number of carbonyl (C=O) groups is 2. The van der Waals surface area contributed by atoms with Crippen molar-refractivity contribution in [1.82, 2.24) is 0 Å². The highest BCUT2D eigenvalue weighted by atomic mass is 35.5. The third-order valence-electron chi connectivity index (χ3n) is 3.30. The standard InChI is InChI=1S/C16H10Cl3NO2S/c17-9-1-3-13(4-2-9)23-14-8-15(21)20(16(14)22)12-6-10(18)5-11(19)7-12/h1-7,14H,8H2. The third kappa shape index (κ3) is 3.66. The first-order valence-electron chi connectivity index (χ1n) is 6.69. The Morgan fingerprint density at radius 2 is 1.52 bits per heavy atom. The summed E-state index contributed by atoms with van der Waals surface area (Å²) in [7, 11) is 0. The van der Waals surface area contributed by atoms with Gasteiger partial charge in [0.2, 0.25) is 11.8 Å². The Bertz CT molecular complexity index is 759. The molecule has 0 bridgehead atoms. The second-order valence-electron chi connectivity index (χ2n) is 4.96. The molecule has 1 saturated heterocycles. The molecule has 2 amide bonds. The van der Waals surface area contributed by atoms with Gasteiger partial charge in [0.05, 0.1) is 10.9 Å². The quantitative estimate of drug-likeness (QED) is 0.691. The number of halogens is 3. The van der Waals surface area contributed by atoms with Gasteiger partial charge in [-0.1, -0.05) is 34.8 Å². The Hall–Kier alpha value is -1.20. The van der Waals surface area contributed by atoms with Crippen LogP contribution in [0.3, 0.4) is 0 Å². The fourth-order valence-corrected chi connectivity index (χ4v) is 4.01. The molecule has 0 spiro atoms. The van der Waals surface area contributed by atoms with Gasteiger partial charge in [-0.25, -0.2) is 4.90 Å². The smallest absolute Gasteiger partial charge is 0.247 e. The minimum atomic E-state index is -0.471. The Labute approximate surface area is 152 Å². The number of nitrogens with zero attached hydrogens (tertiary/aromatic N) is 1. The number of hydrogen-bond donors (Lipinski definition) is 0. The summed E-state index contributed by atoms with van der Waals surface area (Å²) in [6.45, 7) is 0. The molecule has 2 aromatic carbocycles. The van der Waals surface area contributed by atoms with Crippen LogP contribution in [0.4, 0.5) is 5.69 Å².